The quantitative estimate of drug-likeness (QED) is 0.571. The molecule has 3 aromatic carbocycles. The fourth-order valence-corrected chi connectivity index (χ4v) is 2.19. The van der Waals surface area contributed by atoms with E-state index in [0.29, 0.717) is 0 Å². The molecule has 0 fully saturated rings. The smallest absolute Gasteiger partial charge is 0.205 e. The zero-order chi connectivity index (χ0) is 13.2. The van der Waals surface area contributed by atoms with Gasteiger partial charge in [0.25, 0.3) is 6.43 Å². The molecule has 0 N–H and O–H groups in total. The second-order valence-corrected chi connectivity index (χ2v) is 4.48. The average molecular weight is 254 g/mol. The van der Waals surface area contributed by atoms with Gasteiger partial charge < -0.3 is 0 Å². The number of rotatable bonds is 2. The predicted octanol–water partition coefficient (Wildman–Crippen LogP) is 5.44. The van der Waals surface area contributed by atoms with E-state index in [9.17, 15) is 8.78 Å². The lowest BCUT2D eigenvalue weighted by Crippen LogP contribution is -1.84. The lowest BCUT2D eigenvalue weighted by molar-refractivity contribution is 0.151. The SMILES string of the molecule is FC(F)c1ccc(-c2ccc3ccccc3c2)cc1. The van der Waals surface area contributed by atoms with Gasteiger partial charge in [-0.3, -0.25) is 0 Å². The molecule has 0 bridgehead atoms. The Labute approximate surface area is 110 Å². The van der Waals surface area contributed by atoms with Crippen LogP contribution in [0.4, 0.5) is 8.78 Å². The lowest BCUT2D eigenvalue weighted by Gasteiger charge is -2.05. The summed E-state index contributed by atoms with van der Waals surface area (Å²) in [5.74, 6) is 0. The highest BCUT2D eigenvalue weighted by Crippen LogP contribution is 2.26. The third-order valence-electron chi connectivity index (χ3n) is 3.25. The molecule has 0 aliphatic rings. The first-order valence-electron chi connectivity index (χ1n) is 6.11. The van der Waals surface area contributed by atoms with Gasteiger partial charge in [-0.2, -0.15) is 0 Å². The van der Waals surface area contributed by atoms with Crippen molar-refractivity contribution in [2.45, 2.75) is 6.43 Å². The van der Waals surface area contributed by atoms with Crippen LogP contribution >= 0.6 is 0 Å². The monoisotopic (exact) mass is 254 g/mol. The summed E-state index contributed by atoms with van der Waals surface area (Å²) >= 11 is 0. The number of alkyl halides is 2. The second kappa shape index (κ2) is 4.81. The van der Waals surface area contributed by atoms with Crippen LogP contribution in [-0.2, 0) is 0 Å². The molecule has 0 nitrogen and oxygen atoms in total. The summed E-state index contributed by atoms with van der Waals surface area (Å²) in [5, 5.41) is 2.33. The Morgan fingerprint density at radius 1 is 0.632 bits per heavy atom. The molecule has 0 radical (unpaired) electrons. The van der Waals surface area contributed by atoms with Crippen molar-refractivity contribution in [2.75, 3.05) is 0 Å². The zero-order valence-electron chi connectivity index (χ0n) is 10.2. The van der Waals surface area contributed by atoms with Gasteiger partial charge >= 0.3 is 0 Å². The van der Waals surface area contributed by atoms with Gasteiger partial charge in [-0.25, -0.2) is 8.78 Å². The summed E-state index contributed by atoms with van der Waals surface area (Å²) in [6, 6.07) is 20.7. The molecule has 3 rings (SSSR count). The van der Waals surface area contributed by atoms with Gasteiger partial charge in [-0.1, -0.05) is 60.7 Å². The van der Waals surface area contributed by atoms with Gasteiger partial charge in [0.1, 0.15) is 0 Å². The van der Waals surface area contributed by atoms with Crippen molar-refractivity contribution in [1.82, 2.24) is 0 Å². The van der Waals surface area contributed by atoms with Gasteiger partial charge in [0, 0.05) is 5.56 Å². The summed E-state index contributed by atoms with van der Waals surface area (Å²) in [6.07, 6.45) is -2.41. The minimum absolute atomic E-state index is 0.0598. The number of hydrogen-bond acceptors (Lipinski definition) is 0. The molecule has 94 valence electrons. The summed E-state index contributed by atoms with van der Waals surface area (Å²) in [4.78, 5) is 0. The molecule has 0 saturated heterocycles. The Morgan fingerprint density at radius 2 is 1.26 bits per heavy atom. The molecule has 2 heteroatoms. The Bertz CT molecular complexity index is 700. The van der Waals surface area contributed by atoms with Crippen LogP contribution < -0.4 is 0 Å². The third-order valence-corrected chi connectivity index (χ3v) is 3.25. The number of hydrogen-bond donors (Lipinski definition) is 0. The first-order valence-corrected chi connectivity index (χ1v) is 6.11. The van der Waals surface area contributed by atoms with Crippen LogP contribution in [0.1, 0.15) is 12.0 Å². The highest BCUT2D eigenvalue weighted by atomic mass is 19.3. The van der Waals surface area contributed by atoms with Crippen molar-refractivity contribution in [1.29, 1.82) is 0 Å². The third kappa shape index (κ3) is 2.34. The largest absolute Gasteiger partial charge is 0.263 e. The van der Waals surface area contributed by atoms with Crippen molar-refractivity contribution in [3.8, 4) is 11.1 Å². The summed E-state index contributed by atoms with van der Waals surface area (Å²) in [5.41, 5.74) is 2.05. The lowest BCUT2D eigenvalue weighted by atomic mass is 10.0. The van der Waals surface area contributed by atoms with Crippen LogP contribution in [0.25, 0.3) is 21.9 Å². The molecule has 3 aromatic rings. The fraction of sp³-hybridized carbons (Fsp3) is 0.0588. The topological polar surface area (TPSA) is 0 Å². The first kappa shape index (κ1) is 11.8. The molecule has 19 heavy (non-hydrogen) atoms. The van der Waals surface area contributed by atoms with Crippen molar-refractivity contribution in [3.63, 3.8) is 0 Å². The van der Waals surface area contributed by atoms with Crippen molar-refractivity contribution in [2.24, 2.45) is 0 Å². The summed E-state index contributed by atoms with van der Waals surface area (Å²) in [6.45, 7) is 0. The second-order valence-electron chi connectivity index (χ2n) is 4.48. The highest BCUT2D eigenvalue weighted by Gasteiger charge is 2.06. The number of fused-ring (bicyclic) bond motifs is 1. The predicted molar refractivity (Wildman–Crippen MR) is 74.3 cm³/mol. The van der Waals surface area contributed by atoms with Gasteiger partial charge in [0.05, 0.1) is 0 Å². The maximum absolute atomic E-state index is 12.5. The van der Waals surface area contributed by atoms with Crippen LogP contribution in [0.2, 0.25) is 0 Å². The Kier molecular flexibility index (Phi) is 3.00. The molecule has 0 spiro atoms. The van der Waals surface area contributed by atoms with E-state index < -0.39 is 6.43 Å². The van der Waals surface area contributed by atoms with Crippen LogP contribution in [-0.4, -0.2) is 0 Å². The van der Waals surface area contributed by atoms with E-state index in [1.54, 1.807) is 12.1 Å². The number of benzene rings is 3. The Hall–Kier alpha value is -2.22. The van der Waals surface area contributed by atoms with Crippen LogP contribution in [0.3, 0.4) is 0 Å². The van der Waals surface area contributed by atoms with Gasteiger partial charge in [0.15, 0.2) is 0 Å². The fourth-order valence-electron chi connectivity index (χ4n) is 2.19. The van der Waals surface area contributed by atoms with E-state index in [0.717, 1.165) is 16.5 Å². The Morgan fingerprint density at radius 3 is 1.95 bits per heavy atom. The standard InChI is InChI=1S/C17H12F2/c18-17(19)14-8-5-13(6-9-14)16-10-7-12-3-1-2-4-15(12)11-16/h1-11,17H. The van der Waals surface area contributed by atoms with E-state index >= 15 is 0 Å². The molecule has 0 aliphatic heterocycles. The van der Waals surface area contributed by atoms with Crippen molar-refractivity contribution >= 4 is 10.8 Å². The van der Waals surface area contributed by atoms with Crippen molar-refractivity contribution in [3.05, 3.63) is 72.3 Å². The maximum atomic E-state index is 12.5. The normalized spacial score (nSPS) is 11.1. The minimum atomic E-state index is -2.41. The van der Waals surface area contributed by atoms with Gasteiger partial charge in [0.2, 0.25) is 0 Å². The van der Waals surface area contributed by atoms with E-state index in [1.807, 2.05) is 30.3 Å². The minimum Gasteiger partial charge on any atom is -0.205 e. The molecule has 0 aromatic heterocycles. The van der Waals surface area contributed by atoms with Crippen LogP contribution in [0.5, 0.6) is 0 Å². The van der Waals surface area contributed by atoms with E-state index in [1.165, 1.54) is 17.5 Å². The molecule has 0 aliphatic carbocycles. The van der Waals surface area contributed by atoms with Gasteiger partial charge in [-0.15, -0.1) is 0 Å². The van der Waals surface area contributed by atoms with E-state index in [2.05, 4.69) is 12.1 Å². The molecule has 0 saturated carbocycles. The molecular weight excluding hydrogens is 242 g/mol. The highest BCUT2D eigenvalue weighted by molar-refractivity contribution is 5.87. The van der Waals surface area contributed by atoms with E-state index in [4.69, 9.17) is 0 Å². The van der Waals surface area contributed by atoms with Crippen LogP contribution in [0, 0.1) is 0 Å². The molecule has 0 unspecified atom stereocenters. The summed E-state index contributed by atoms with van der Waals surface area (Å²) in [7, 11) is 0. The van der Waals surface area contributed by atoms with Gasteiger partial charge in [-0.05, 0) is 28.0 Å². The molecule has 0 heterocycles. The van der Waals surface area contributed by atoms with E-state index in [-0.39, 0.29) is 5.56 Å². The summed E-state index contributed by atoms with van der Waals surface area (Å²) < 4.78 is 25.0. The van der Waals surface area contributed by atoms with Crippen molar-refractivity contribution < 1.29 is 8.78 Å². The Balaban J connectivity index is 2.03. The maximum Gasteiger partial charge on any atom is 0.263 e. The first-order chi connectivity index (χ1) is 9.24. The molecule has 0 atom stereocenters. The zero-order valence-corrected chi connectivity index (χ0v) is 10.2. The molecular formula is C17H12F2. The average Bonchev–Trinajstić information content (AvgIpc) is 2.47. The van der Waals surface area contributed by atoms with Crippen LogP contribution in [0.15, 0.2) is 66.7 Å². The number of halogens is 2. The molecule has 0 amide bonds.